The lowest BCUT2D eigenvalue weighted by Crippen LogP contribution is -2.30. The molecule has 0 bridgehead atoms. The fourth-order valence-electron chi connectivity index (χ4n) is 3.49. The van der Waals surface area contributed by atoms with Gasteiger partial charge in [0.25, 0.3) is 5.91 Å². The van der Waals surface area contributed by atoms with Gasteiger partial charge >= 0.3 is 0 Å². The van der Waals surface area contributed by atoms with Gasteiger partial charge < -0.3 is 9.32 Å². The number of rotatable bonds is 3. The van der Waals surface area contributed by atoms with E-state index < -0.39 is 17.8 Å². The molecule has 2 heterocycles. The average Bonchev–Trinajstić information content (AvgIpc) is 2.91. The second-order valence-electron chi connectivity index (χ2n) is 6.44. The van der Waals surface area contributed by atoms with Gasteiger partial charge in [-0.3, -0.25) is 9.59 Å². The minimum absolute atomic E-state index is 0.0654. The summed E-state index contributed by atoms with van der Waals surface area (Å²) in [5.74, 6) is -1.03. The Bertz CT molecular complexity index is 1170. The van der Waals surface area contributed by atoms with E-state index in [0.717, 1.165) is 5.56 Å². The van der Waals surface area contributed by atoms with Gasteiger partial charge in [-0.2, -0.15) is 0 Å². The predicted octanol–water partition coefficient (Wildman–Crippen LogP) is 4.63. The lowest BCUT2D eigenvalue weighted by molar-refractivity contribution is 0.0746. The Kier molecular flexibility index (Phi) is 4.12. The van der Waals surface area contributed by atoms with Gasteiger partial charge in [0.1, 0.15) is 11.4 Å². The van der Waals surface area contributed by atoms with Crippen molar-refractivity contribution in [2.45, 2.75) is 13.0 Å². The van der Waals surface area contributed by atoms with Gasteiger partial charge in [-0.1, -0.05) is 35.9 Å². The molecule has 0 radical (unpaired) electrons. The molecular weight excluding hydrogens is 369 g/mol. The number of carbonyl (C=O) groups is 1. The van der Waals surface area contributed by atoms with Gasteiger partial charge in [0.2, 0.25) is 5.76 Å². The Labute approximate surface area is 159 Å². The summed E-state index contributed by atoms with van der Waals surface area (Å²) >= 11 is 6.17. The topological polar surface area (TPSA) is 50.5 Å². The van der Waals surface area contributed by atoms with Crippen LogP contribution in [0.3, 0.4) is 0 Å². The SMILES string of the molecule is C=CCN1C(=O)c2oc3cc(C)c(Cl)cc3c(=O)c2C1c1ccccc1F. The fourth-order valence-corrected chi connectivity index (χ4v) is 3.65. The predicted molar refractivity (Wildman–Crippen MR) is 102 cm³/mol. The number of halogens is 2. The smallest absolute Gasteiger partial charge is 0.291 e. The molecule has 2 aromatic carbocycles. The van der Waals surface area contributed by atoms with Crippen molar-refractivity contribution in [1.29, 1.82) is 0 Å². The Hall–Kier alpha value is -2.92. The minimum Gasteiger partial charge on any atom is -0.450 e. The van der Waals surface area contributed by atoms with Gasteiger partial charge in [-0.15, -0.1) is 6.58 Å². The highest BCUT2D eigenvalue weighted by Gasteiger charge is 2.43. The Morgan fingerprint density at radius 3 is 2.74 bits per heavy atom. The lowest BCUT2D eigenvalue weighted by Gasteiger charge is -2.24. The summed E-state index contributed by atoms with van der Waals surface area (Å²) in [4.78, 5) is 27.5. The second kappa shape index (κ2) is 6.35. The van der Waals surface area contributed by atoms with Gasteiger partial charge in [0.15, 0.2) is 5.43 Å². The van der Waals surface area contributed by atoms with Crippen LogP contribution in [0.4, 0.5) is 4.39 Å². The Balaban J connectivity index is 2.07. The van der Waals surface area contributed by atoms with E-state index in [1.54, 1.807) is 31.2 Å². The van der Waals surface area contributed by atoms with Crippen molar-refractivity contribution in [1.82, 2.24) is 4.90 Å². The molecule has 0 saturated heterocycles. The highest BCUT2D eigenvalue weighted by molar-refractivity contribution is 6.32. The molecule has 4 nitrogen and oxygen atoms in total. The van der Waals surface area contributed by atoms with Crippen LogP contribution in [0.25, 0.3) is 11.0 Å². The second-order valence-corrected chi connectivity index (χ2v) is 6.85. The first-order valence-electron chi connectivity index (χ1n) is 8.37. The summed E-state index contributed by atoms with van der Waals surface area (Å²) in [5, 5.41) is 0.684. The molecular formula is C21H15ClFNO3. The molecule has 0 aliphatic carbocycles. The van der Waals surface area contributed by atoms with Crippen LogP contribution in [0, 0.1) is 12.7 Å². The molecule has 136 valence electrons. The average molecular weight is 384 g/mol. The van der Waals surface area contributed by atoms with Crippen molar-refractivity contribution in [3.8, 4) is 0 Å². The summed E-state index contributed by atoms with van der Waals surface area (Å²) in [6.07, 6.45) is 1.53. The van der Waals surface area contributed by atoms with Gasteiger partial charge in [-0.05, 0) is 30.7 Å². The zero-order valence-corrected chi connectivity index (χ0v) is 15.2. The number of benzene rings is 2. The number of fused-ring (bicyclic) bond motifs is 2. The van der Waals surface area contributed by atoms with Crippen molar-refractivity contribution >= 4 is 28.5 Å². The van der Waals surface area contributed by atoms with E-state index in [1.165, 1.54) is 23.1 Å². The number of nitrogens with zero attached hydrogens (tertiary/aromatic N) is 1. The summed E-state index contributed by atoms with van der Waals surface area (Å²) in [7, 11) is 0. The largest absolute Gasteiger partial charge is 0.450 e. The molecule has 0 fully saturated rings. The van der Waals surface area contributed by atoms with Crippen LogP contribution in [0.5, 0.6) is 0 Å². The highest BCUT2D eigenvalue weighted by Crippen LogP contribution is 2.39. The van der Waals surface area contributed by atoms with Crippen molar-refractivity contribution < 1.29 is 13.6 Å². The molecule has 6 heteroatoms. The zero-order valence-electron chi connectivity index (χ0n) is 14.5. The first-order chi connectivity index (χ1) is 12.9. The molecule has 1 aliphatic rings. The summed E-state index contributed by atoms with van der Waals surface area (Å²) in [5.41, 5.74) is 0.977. The maximum atomic E-state index is 14.5. The summed E-state index contributed by atoms with van der Waals surface area (Å²) in [6, 6.07) is 8.35. The number of hydrogen-bond donors (Lipinski definition) is 0. The molecule has 1 atom stereocenters. The van der Waals surface area contributed by atoms with E-state index in [4.69, 9.17) is 16.0 Å². The minimum atomic E-state index is -0.882. The molecule has 1 amide bonds. The number of hydrogen-bond acceptors (Lipinski definition) is 3. The highest BCUT2D eigenvalue weighted by atomic mass is 35.5. The Morgan fingerprint density at radius 1 is 1.30 bits per heavy atom. The third kappa shape index (κ3) is 2.58. The molecule has 0 saturated carbocycles. The fraction of sp³-hybridized carbons (Fsp3) is 0.143. The normalized spacial score (nSPS) is 16.0. The van der Waals surface area contributed by atoms with Crippen molar-refractivity contribution in [3.63, 3.8) is 0 Å². The molecule has 1 unspecified atom stereocenters. The molecule has 0 N–H and O–H groups in total. The summed E-state index contributed by atoms with van der Waals surface area (Å²) in [6.45, 7) is 5.59. The first-order valence-corrected chi connectivity index (χ1v) is 8.75. The van der Waals surface area contributed by atoms with E-state index in [-0.39, 0.29) is 39.8 Å². The van der Waals surface area contributed by atoms with Crippen LogP contribution < -0.4 is 5.43 Å². The third-order valence-electron chi connectivity index (χ3n) is 4.77. The molecule has 1 aliphatic heterocycles. The first kappa shape index (κ1) is 17.5. The summed E-state index contributed by atoms with van der Waals surface area (Å²) < 4.78 is 20.3. The van der Waals surface area contributed by atoms with Crippen LogP contribution in [0.15, 0.2) is 58.3 Å². The number of carbonyl (C=O) groups excluding carboxylic acids is 1. The van der Waals surface area contributed by atoms with Crippen LogP contribution in [0.2, 0.25) is 5.02 Å². The molecule has 0 spiro atoms. The Morgan fingerprint density at radius 2 is 2.04 bits per heavy atom. The monoisotopic (exact) mass is 383 g/mol. The maximum absolute atomic E-state index is 14.5. The van der Waals surface area contributed by atoms with Crippen molar-refractivity contribution in [3.05, 3.63) is 92.6 Å². The lowest BCUT2D eigenvalue weighted by atomic mass is 9.98. The van der Waals surface area contributed by atoms with E-state index in [0.29, 0.717) is 5.02 Å². The van der Waals surface area contributed by atoms with Crippen molar-refractivity contribution in [2.75, 3.05) is 6.54 Å². The van der Waals surface area contributed by atoms with Crippen molar-refractivity contribution in [2.24, 2.45) is 0 Å². The quantitative estimate of drug-likeness (QED) is 0.620. The molecule has 27 heavy (non-hydrogen) atoms. The van der Waals surface area contributed by atoms with E-state index in [1.807, 2.05) is 0 Å². The number of amides is 1. The van der Waals surface area contributed by atoms with Gasteiger partial charge in [0, 0.05) is 17.1 Å². The van der Waals surface area contributed by atoms with E-state index >= 15 is 0 Å². The van der Waals surface area contributed by atoms with E-state index in [2.05, 4.69) is 6.58 Å². The van der Waals surface area contributed by atoms with Crippen LogP contribution in [0.1, 0.15) is 33.3 Å². The van der Waals surface area contributed by atoms with Gasteiger partial charge in [0.05, 0.1) is 17.0 Å². The number of aryl methyl sites for hydroxylation is 1. The van der Waals surface area contributed by atoms with Gasteiger partial charge in [-0.25, -0.2) is 4.39 Å². The molecule has 4 rings (SSSR count). The van der Waals surface area contributed by atoms with E-state index in [9.17, 15) is 14.0 Å². The third-order valence-corrected chi connectivity index (χ3v) is 5.18. The van der Waals surface area contributed by atoms with Crippen LogP contribution in [-0.2, 0) is 0 Å². The molecule has 1 aromatic heterocycles. The van der Waals surface area contributed by atoms with Crippen LogP contribution in [-0.4, -0.2) is 17.4 Å². The standard InChI is InChI=1S/C21H15ClFNO3/c1-3-8-24-18(12-6-4-5-7-15(12)23)17-19(25)13-10-14(22)11(2)9-16(13)27-20(17)21(24)26/h3-7,9-10,18H,1,8H2,2H3. The zero-order chi connectivity index (χ0) is 19.3. The molecule has 3 aromatic rings. The maximum Gasteiger partial charge on any atom is 0.291 e. The van der Waals surface area contributed by atoms with Crippen LogP contribution >= 0.6 is 11.6 Å².